The van der Waals surface area contributed by atoms with E-state index < -0.39 is 24.0 Å². The minimum Gasteiger partial charge on any atom is -0.497 e. The first kappa shape index (κ1) is 33.4. The molecular weight excluding hydrogens is 642 g/mol. The number of piperidine rings is 1. The first-order valence-corrected chi connectivity index (χ1v) is 16.9. The fraction of sp³-hybridized carbons (Fsp3) is 0.421. The number of hydrogen-bond acceptors (Lipinski definition) is 11. The van der Waals surface area contributed by atoms with Crippen LogP contribution in [0.25, 0.3) is 10.9 Å². The van der Waals surface area contributed by atoms with Crippen LogP contribution in [0.2, 0.25) is 0 Å². The Hall–Kier alpha value is -5.10. The summed E-state index contributed by atoms with van der Waals surface area (Å²) in [4.78, 5) is 49.9. The van der Waals surface area contributed by atoms with E-state index in [0.29, 0.717) is 18.4 Å². The van der Waals surface area contributed by atoms with Gasteiger partial charge >= 0.3 is 17.9 Å². The molecule has 0 bridgehead atoms. The summed E-state index contributed by atoms with van der Waals surface area (Å²) >= 11 is 0. The smallest absolute Gasteiger partial charge is 0.338 e. The van der Waals surface area contributed by atoms with Crippen LogP contribution in [-0.4, -0.2) is 80.4 Å². The summed E-state index contributed by atoms with van der Waals surface area (Å²) in [6.45, 7) is 1.70. The van der Waals surface area contributed by atoms with Crippen LogP contribution in [0.3, 0.4) is 0 Å². The van der Waals surface area contributed by atoms with Crippen LogP contribution in [-0.2, 0) is 31.9 Å². The summed E-state index contributed by atoms with van der Waals surface area (Å²) in [7, 11) is 5.91. The first-order valence-electron chi connectivity index (χ1n) is 16.9. The zero-order valence-electron chi connectivity index (χ0n) is 28.6. The Labute approximate surface area is 289 Å². The van der Waals surface area contributed by atoms with Crippen molar-refractivity contribution >= 4 is 28.8 Å². The van der Waals surface area contributed by atoms with Gasteiger partial charge in [-0.25, -0.2) is 4.79 Å². The lowest BCUT2D eigenvalue weighted by Gasteiger charge is -2.51. The number of carbonyl (C=O) groups is 3. The molecule has 2 aromatic carbocycles. The Morgan fingerprint density at radius 1 is 0.960 bits per heavy atom. The average Bonchev–Trinajstić information content (AvgIpc) is 3.52. The highest BCUT2D eigenvalue weighted by Gasteiger charge is 2.49. The molecule has 1 aliphatic carbocycles. The third kappa shape index (κ3) is 6.35. The Morgan fingerprint density at radius 3 is 2.46 bits per heavy atom. The summed E-state index contributed by atoms with van der Waals surface area (Å²) in [6, 6.07) is 12.8. The van der Waals surface area contributed by atoms with Gasteiger partial charge in [0.05, 0.1) is 52.4 Å². The number of methoxy groups -OCH3 is 4. The molecule has 1 saturated heterocycles. The number of benzene rings is 2. The van der Waals surface area contributed by atoms with Crippen molar-refractivity contribution in [2.45, 2.75) is 44.2 Å². The third-order valence-corrected chi connectivity index (χ3v) is 10.5. The van der Waals surface area contributed by atoms with Gasteiger partial charge in [0.2, 0.25) is 5.75 Å². The van der Waals surface area contributed by atoms with Crippen molar-refractivity contribution in [2.75, 3.05) is 41.5 Å². The van der Waals surface area contributed by atoms with Gasteiger partial charge in [0.15, 0.2) is 11.5 Å². The molecule has 4 aromatic rings. The quantitative estimate of drug-likeness (QED) is 0.187. The lowest BCUT2D eigenvalue weighted by Crippen LogP contribution is -2.52. The summed E-state index contributed by atoms with van der Waals surface area (Å²) in [5.41, 5.74) is 4.46. The van der Waals surface area contributed by atoms with E-state index in [1.54, 1.807) is 31.6 Å². The molecule has 3 aliphatic rings. The number of nitrogens with one attached hydrogen (secondary N) is 1. The highest BCUT2D eigenvalue weighted by atomic mass is 16.6. The highest BCUT2D eigenvalue weighted by Crippen LogP contribution is 2.50. The molecule has 4 heterocycles. The van der Waals surface area contributed by atoms with E-state index in [-0.39, 0.29) is 53.1 Å². The van der Waals surface area contributed by atoms with E-state index in [0.717, 1.165) is 37.2 Å². The Kier molecular flexibility index (Phi) is 9.37. The van der Waals surface area contributed by atoms with Gasteiger partial charge in [-0.05, 0) is 79.0 Å². The summed E-state index contributed by atoms with van der Waals surface area (Å²) < 4.78 is 33.5. The number of aromatic amines is 1. The fourth-order valence-corrected chi connectivity index (χ4v) is 8.19. The van der Waals surface area contributed by atoms with Crippen LogP contribution in [0.5, 0.6) is 23.0 Å². The van der Waals surface area contributed by atoms with Crippen LogP contribution >= 0.6 is 0 Å². The van der Waals surface area contributed by atoms with Gasteiger partial charge in [-0.15, -0.1) is 0 Å². The number of hydrogen-bond donors (Lipinski definition) is 1. The minimum absolute atomic E-state index is 0.00846. The van der Waals surface area contributed by atoms with E-state index >= 15 is 0 Å². The molecule has 2 aromatic heterocycles. The number of pyridine rings is 1. The van der Waals surface area contributed by atoms with Gasteiger partial charge in [-0.1, -0.05) is 6.07 Å². The van der Waals surface area contributed by atoms with E-state index in [4.69, 9.17) is 28.4 Å². The number of rotatable bonds is 9. The molecule has 262 valence electrons. The average molecular weight is 684 g/mol. The fourth-order valence-electron chi connectivity index (χ4n) is 8.19. The minimum atomic E-state index is -0.591. The molecule has 0 radical (unpaired) electrons. The second kappa shape index (κ2) is 14.0. The molecule has 0 spiro atoms. The van der Waals surface area contributed by atoms with Gasteiger partial charge in [0, 0.05) is 48.1 Å². The normalized spacial score (nSPS) is 22.8. The molecule has 2 fully saturated rings. The molecule has 3 unspecified atom stereocenters. The maximum atomic E-state index is 13.6. The van der Waals surface area contributed by atoms with Crippen molar-refractivity contribution in [3.63, 3.8) is 0 Å². The van der Waals surface area contributed by atoms with Gasteiger partial charge in [-0.2, -0.15) is 0 Å². The molecule has 12 heteroatoms. The lowest BCUT2D eigenvalue weighted by molar-refractivity contribution is -0.155. The van der Waals surface area contributed by atoms with Crippen LogP contribution in [0.15, 0.2) is 54.9 Å². The van der Waals surface area contributed by atoms with Crippen molar-refractivity contribution in [3.8, 4) is 23.0 Å². The number of aromatic nitrogens is 2. The van der Waals surface area contributed by atoms with E-state index in [1.165, 1.54) is 50.1 Å². The van der Waals surface area contributed by atoms with Crippen molar-refractivity contribution < 1.29 is 42.8 Å². The standard InChI is InChI=1S/C38H41N3O9/c1-45-24-7-8-26-27-9-11-41-20-23-13-25(16-29(38(44)48-4)28(23)18-31(41)35(27)40-30(26)17-24)49-37(43)22-14-32(46-2)36(33(15-22)47-3)50-34(42)12-21-6-5-10-39-19-21/h5-8,10,14-15,17,19,23,25,28-29,31,40H,9,11-13,16,18,20H2,1-4H3/t23-,25?,28+,29?,31?/m1/s1. The first-order chi connectivity index (χ1) is 24.3. The van der Waals surface area contributed by atoms with E-state index in [2.05, 4.69) is 20.9 Å². The number of esters is 3. The highest BCUT2D eigenvalue weighted by molar-refractivity contribution is 5.92. The van der Waals surface area contributed by atoms with Crippen LogP contribution in [0, 0.1) is 17.8 Å². The third-order valence-electron chi connectivity index (χ3n) is 10.5. The summed E-state index contributed by atoms with van der Waals surface area (Å²) in [6.07, 6.45) is 5.41. The predicted molar refractivity (Wildman–Crippen MR) is 182 cm³/mol. The largest absolute Gasteiger partial charge is 0.497 e. The maximum absolute atomic E-state index is 13.6. The summed E-state index contributed by atoms with van der Waals surface area (Å²) in [5.74, 6) is -0.468. The summed E-state index contributed by atoms with van der Waals surface area (Å²) in [5, 5.41) is 1.21. The van der Waals surface area contributed by atoms with Crippen LogP contribution in [0.1, 0.15) is 52.5 Å². The topological polar surface area (TPSA) is 139 Å². The number of nitrogens with zero attached hydrogens (tertiary/aromatic N) is 2. The molecule has 2 aliphatic heterocycles. The van der Waals surface area contributed by atoms with E-state index in [9.17, 15) is 14.4 Å². The molecular formula is C38H41N3O9. The Bertz CT molecular complexity index is 1880. The predicted octanol–water partition coefficient (Wildman–Crippen LogP) is 5.08. The number of carbonyl (C=O) groups excluding carboxylic acids is 3. The van der Waals surface area contributed by atoms with Crippen molar-refractivity contribution in [2.24, 2.45) is 17.8 Å². The Balaban J connectivity index is 1.08. The molecule has 1 saturated carbocycles. The van der Waals surface area contributed by atoms with Gasteiger partial charge in [0.1, 0.15) is 11.9 Å². The SMILES string of the molecule is COC(=O)C1CC(OC(=O)c2cc(OC)c(OC(=O)Cc3cccnc3)c(OC)c2)C[C@@H]2CN3CCc4c([nH]c5cc(OC)ccc45)C3C[C@H]12. The van der Waals surface area contributed by atoms with Crippen LogP contribution in [0.4, 0.5) is 0 Å². The number of H-pyrrole nitrogens is 1. The van der Waals surface area contributed by atoms with Gasteiger partial charge in [-0.3, -0.25) is 19.5 Å². The number of fused-ring (bicyclic) bond motifs is 6. The zero-order chi connectivity index (χ0) is 34.9. The molecule has 50 heavy (non-hydrogen) atoms. The lowest BCUT2D eigenvalue weighted by atomic mass is 9.65. The van der Waals surface area contributed by atoms with Gasteiger partial charge in [0.25, 0.3) is 0 Å². The molecule has 1 N–H and O–H groups in total. The van der Waals surface area contributed by atoms with Crippen molar-refractivity contribution in [1.82, 2.24) is 14.9 Å². The van der Waals surface area contributed by atoms with Gasteiger partial charge < -0.3 is 33.4 Å². The maximum Gasteiger partial charge on any atom is 0.338 e. The Morgan fingerprint density at radius 2 is 1.76 bits per heavy atom. The van der Waals surface area contributed by atoms with Crippen molar-refractivity contribution in [3.05, 3.63) is 77.2 Å². The second-order valence-corrected chi connectivity index (χ2v) is 13.2. The second-order valence-electron chi connectivity index (χ2n) is 13.2. The molecule has 0 amide bonds. The van der Waals surface area contributed by atoms with Crippen LogP contribution < -0.4 is 18.9 Å². The molecule has 5 atom stereocenters. The monoisotopic (exact) mass is 683 g/mol. The number of ether oxygens (including phenoxy) is 6. The van der Waals surface area contributed by atoms with E-state index in [1.807, 2.05) is 12.1 Å². The van der Waals surface area contributed by atoms with Crippen molar-refractivity contribution in [1.29, 1.82) is 0 Å². The molecule has 7 rings (SSSR count). The molecule has 12 nitrogen and oxygen atoms in total. The zero-order valence-corrected chi connectivity index (χ0v) is 28.6.